The molecule has 5 rings (SSSR count). The van der Waals surface area contributed by atoms with Crippen LogP contribution in [-0.2, 0) is 17.9 Å². The van der Waals surface area contributed by atoms with E-state index in [9.17, 15) is 9.90 Å². The molecular formula is C36H41N4O2S2+. The largest absolute Gasteiger partial charge is 0.506 e. The predicted molar refractivity (Wildman–Crippen MR) is 186 cm³/mol. The molecule has 0 radical (unpaired) electrons. The Morgan fingerprint density at radius 2 is 1.55 bits per heavy atom. The van der Waals surface area contributed by atoms with Crippen LogP contribution in [0.5, 0.6) is 0 Å². The van der Waals surface area contributed by atoms with Gasteiger partial charge in [-0.05, 0) is 41.6 Å². The molecule has 6 nitrogen and oxygen atoms in total. The van der Waals surface area contributed by atoms with E-state index in [1.807, 2.05) is 48.7 Å². The van der Waals surface area contributed by atoms with Crippen molar-refractivity contribution in [2.45, 2.75) is 65.5 Å². The van der Waals surface area contributed by atoms with E-state index in [-0.39, 0.29) is 11.5 Å². The van der Waals surface area contributed by atoms with E-state index in [0.29, 0.717) is 29.1 Å². The van der Waals surface area contributed by atoms with Gasteiger partial charge in [0.1, 0.15) is 18.8 Å². The Kier molecular flexibility index (Phi) is 11.4. The van der Waals surface area contributed by atoms with Gasteiger partial charge in [-0.25, -0.2) is 9.56 Å². The van der Waals surface area contributed by atoms with Crippen molar-refractivity contribution in [2.75, 3.05) is 18.0 Å². The number of thiazole rings is 1. The van der Waals surface area contributed by atoms with E-state index < -0.39 is 0 Å². The maximum Gasteiger partial charge on any atom is 0.360 e. The predicted octanol–water partition coefficient (Wildman–Crippen LogP) is 8.58. The monoisotopic (exact) mass is 625 g/mol. The summed E-state index contributed by atoms with van der Waals surface area (Å²) in [5.41, 5.74) is 3.03. The third-order valence-corrected chi connectivity index (χ3v) is 9.87. The number of aliphatic imine (C=N–C) groups is 1. The minimum atomic E-state index is -0.158. The topological polar surface area (TPSA) is 68.8 Å². The van der Waals surface area contributed by atoms with Gasteiger partial charge in [0.05, 0.1) is 16.1 Å². The minimum absolute atomic E-state index is 0.0297. The number of thioether (sulfide) groups is 1. The van der Waals surface area contributed by atoms with E-state index in [4.69, 9.17) is 0 Å². The molecule has 0 saturated heterocycles. The van der Waals surface area contributed by atoms with Gasteiger partial charge < -0.3 is 10.0 Å². The molecule has 2 aliphatic rings. The fourth-order valence-corrected chi connectivity index (χ4v) is 7.13. The molecule has 1 aliphatic heterocycles. The number of benzene rings is 2. The van der Waals surface area contributed by atoms with Crippen molar-refractivity contribution in [3.63, 3.8) is 0 Å². The molecule has 1 aromatic heterocycles. The van der Waals surface area contributed by atoms with Gasteiger partial charge in [0.25, 0.3) is 0 Å². The summed E-state index contributed by atoms with van der Waals surface area (Å²) < 4.78 is 2.21. The SMILES string of the molecule is CCCCCCCCN(CC)c1ncc(C=CC2=C(O)C(=C3C=NC(=[N+](Cc4ccccc4)Cc4ccccc4)S3)C2=O)s1. The van der Waals surface area contributed by atoms with E-state index >= 15 is 0 Å². The van der Waals surface area contributed by atoms with Crippen LogP contribution in [0.2, 0.25) is 0 Å². The molecule has 1 aliphatic carbocycles. The van der Waals surface area contributed by atoms with Crippen molar-refractivity contribution >= 4 is 51.5 Å². The summed E-state index contributed by atoms with van der Waals surface area (Å²) in [4.78, 5) is 26.4. The molecule has 0 atom stereocenters. The molecule has 2 heterocycles. The highest BCUT2D eigenvalue weighted by atomic mass is 32.2. The van der Waals surface area contributed by atoms with Crippen LogP contribution in [0.1, 0.15) is 68.4 Å². The molecule has 3 aromatic rings. The maximum absolute atomic E-state index is 13.2. The Balaban J connectivity index is 1.26. The standard InChI is InChI=1S/C36H40N4O2S2/c1-3-5-6-7-8-15-22-39(4-2)35-37-23-29(43-35)20-21-30-33(41)32(34(30)42)31-24-38-36(44-31)40(25-27-16-11-9-12-17-27)26-28-18-13-10-14-19-28/h9-14,16-21,23-24H,3-8,15,22,25-26H2,1-2H3/p+1. The number of amidine groups is 1. The summed E-state index contributed by atoms with van der Waals surface area (Å²) >= 11 is 3.05. The highest BCUT2D eigenvalue weighted by Crippen LogP contribution is 2.38. The van der Waals surface area contributed by atoms with E-state index in [1.54, 1.807) is 23.6 Å². The third-order valence-electron chi connectivity index (χ3n) is 7.77. The van der Waals surface area contributed by atoms with Crippen LogP contribution >= 0.6 is 23.1 Å². The highest BCUT2D eigenvalue weighted by molar-refractivity contribution is 8.18. The first-order valence-electron chi connectivity index (χ1n) is 15.6. The molecule has 1 N–H and O–H groups in total. The zero-order valence-corrected chi connectivity index (χ0v) is 27.2. The zero-order chi connectivity index (χ0) is 30.7. The molecule has 0 bridgehead atoms. The number of rotatable bonds is 15. The normalized spacial score (nSPS) is 16.3. The maximum atomic E-state index is 13.2. The summed E-state index contributed by atoms with van der Waals surface area (Å²) in [6.07, 6.45) is 14.8. The second-order valence-corrected chi connectivity index (χ2v) is 13.1. The molecule has 8 heteroatoms. The van der Waals surface area contributed by atoms with Crippen molar-refractivity contribution in [1.82, 2.24) is 4.98 Å². The number of aliphatic hydroxyl groups excluding tert-OH is 1. The first-order valence-corrected chi connectivity index (χ1v) is 17.2. The smallest absolute Gasteiger partial charge is 0.360 e. The van der Waals surface area contributed by atoms with Gasteiger partial charge in [0, 0.05) is 35.9 Å². The van der Waals surface area contributed by atoms with Crippen molar-refractivity contribution < 1.29 is 14.5 Å². The van der Waals surface area contributed by atoms with Crippen molar-refractivity contribution in [1.29, 1.82) is 0 Å². The number of hydrogen-bond donors (Lipinski definition) is 1. The number of carbonyl (C=O) groups is 1. The van der Waals surface area contributed by atoms with Crippen LogP contribution in [0.4, 0.5) is 5.13 Å². The number of aromatic nitrogens is 1. The van der Waals surface area contributed by atoms with Crippen molar-refractivity contribution in [2.24, 2.45) is 4.99 Å². The van der Waals surface area contributed by atoms with Gasteiger partial charge in [-0.1, -0.05) is 111 Å². The van der Waals surface area contributed by atoms with E-state index in [1.165, 1.54) is 61.4 Å². The molecule has 228 valence electrons. The lowest BCUT2D eigenvalue weighted by atomic mass is 9.87. The number of Topliss-reactive ketones (excluding diaryl/α,β-unsaturated/α-hetero) is 1. The van der Waals surface area contributed by atoms with Crippen LogP contribution in [0.15, 0.2) is 99.7 Å². The number of unbranched alkanes of at least 4 members (excludes halogenated alkanes) is 5. The number of hydrogen-bond acceptors (Lipinski definition) is 6. The summed E-state index contributed by atoms with van der Waals surface area (Å²) in [5, 5.41) is 12.7. The van der Waals surface area contributed by atoms with Gasteiger partial charge in [-0.3, -0.25) is 4.79 Å². The van der Waals surface area contributed by atoms with Gasteiger partial charge >= 0.3 is 5.17 Å². The molecule has 0 unspecified atom stereocenters. The van der Waals surface area contributed by atoms with Crippen LogP contribution in [-0.4, -0.2) is 44.9 Å². The first-order chi connectivity index (χ1) is 21.6. The Labute approximate surface area is 269 Å². The zero-order valence-electron chi connectivity index (χ0n) is 25.6. The summed E-state index contributed by atoms with van der Waals surface area (Å²) in [7, 11) is 0. The Bertz CT molecular complexity index is 1540. The summed E-state index contributed by atoms with van der Waals surface area (Å²) in [5.74, 6) is -0.128. The first kappa shape index (κ1) is 31.7. The Morgan fingerprint density at radius 3 is 2.18 bits per heavy atom. The molecule has 0 spiro atoms. The van der Waals surface area contributed by atoms with Gasteiger partial charge in [0.2, 0.25) is 5.78 Å². The van der Waals surface area contributed by atoms with Gasteiger partial charge in [-0.2, -0.15) is 0 Å². The van der Waals surface area contributed by atoms with Gasteiger partial charge in [0.15, 0.2) is 11.3 Å². The Morgan fingerprint density at radius 1 is 0.886 bits per heavy atom. The summed E-state index contributed by atoms with van der Waals surface area (Å²) in [6.45, 7) is 7.70. The molecule has 2 aromatic carbocycles. The lowest BCUT2D eigenvalue weighted by Gasteiger charge is -2.19. The molecule has 44 heavy (non-hydrogen) atoms. The van der Waals surface area contributed by atoms with E-state index in [0.717, 1.165) is 28.3 Å². The Hall–Kier alpha value is -3.75. The van der Waals surface area contributed by atoms with Crippen molar-refractivity contribution in [3.05, 3.63) is 111 Å². The van der Waals surface area contributed by atoms with Crippen LogP contribution in [0, 0.1) is 0 Å². The number of nitrogens with zero attached hydrogens (tertiary/aromatic N) is 4. The average molecular weight is 626 g/mol. The fourth-order valence-electron chi connectivity index (χ4n) is 5.27. The quantitative estimate of drug-likeness (QED) is 0.104. The number of aliphatic hydroxyl groups is 1. The number of ketones is 1. The molecule has 0 amide bonds. The molecular weight excluding hydrogens is 585 g/mol. The fraction of sp³-hybridized carbons (Fsp3) is 0.333. The molecule has 0 saturated carbocycles. The average Bonchev–Trinajstić information content (AvgIpc) is 3.72. The van der Waals surface area contributed by atoms with Crippen LogP contribution < -0.4 is 4.90 Å². The second-order valence-electron chi connectivity index (χ2n) is 11.0. The number of allylic oxidation sites excluding steroid dienone is 4. The second kappa shape index (κ2) is 15.8. The lowest BCUT2D eigenvalue weighted by Crippen LogP contribution is -2.23. The lowest BCUT2D eigenvalue weighted by molar-refractivity contribution is -0.558. The summed E-state index contributed by atoms with van der Waals surface area (Å²) in [6, 6.07) is 20.6. The van der Waals surface area contributed by atoms with Crippen LogP contribution in [0.25, 0.3) is 6.08 Å². The highest BCUT2D eigenvalue weighted by Gasteiger charge is 2.38. The third kappa shape index (κ3) is 8.04. The number of anilines is 1. The van der Waals surface area contributed by atoms with E-state index in [2.05, 4.69) is 57.6 Å². The van der Waals surface area contributed by atoms with Crippen LogP contribution in [0.3, 0.4) is 0 Å². The van der Waals surface area contributed by atoms with Crippen molar-refractivity contribution in [3.8, 4) is 0 Å². The number of carbonyl (C=O) groups excluding carboxylic acids is 1. The molecule has 0 fully saturated rings. The van der Waals surface area contributed by atoms with Gasteiger partial charge in [-0.15, -0.1) is 0 Å². The minimum Gasteiger partial charge on any atom is -0.506 e.